The highest BCUT2D eigenvalue weighted by Gasteiger charge is 2.27. The second kappa shape index (κ2) is 10.8. The summed E-state index contributed by atoms with van der Waals surface area (Å²) in [5.41, 5.74) is 2.44. The fraction of sp³-hybridized carbons (Fsp3) is 0.385. The molecule has 0 bridgehead atoms. The van der Waals surface area contributed by atoms with E-state index in [2.05, 4.69) is 73.5 Å². The van der Waals surface area contributed by atoms with Crippen molar-refractivity contribution in [2.45, 2.75) is 45.4 Å². The van der Waals surface area contributed by atoms with Gasteiger partial charge in [0.1, 0.15) is 0 Å². The van der Waals surface area contributed by atoms with Crippen LogP contribution in [-0.2, 0) is 9.47 Å². The van der Waals surface area contributed by atoms with Gasteiger partial charge in [-0.05, 0) is 61.4 Å². The van der Waals surface area contributed by atoms with Crippen molar-refractivity contribution in [1.82, 2.24) is 0 Å². The van der Waals surface area contributed by atoms with Crippen molar-refractivity contribution in [1.29, 1.82) is 0 Å². The molecule has 4 heteroatoms. The van der Waals surface area contributed by atoms with Crippen molar-refractivity contribution in [3.8, 4) is 0 Å². The zero-order chi connectivity index (χ0) is 21.5. The molecule has 0 radical (unpaired) electrons. The van der Waals surface area contributed by atoms with Crippen LogP contribution in [0, 0.1) is 0 Å². The smallest absolute Gasteiger partial charge is 0.158 e. The van der Waals surface area contributed by atoms with Crippen molar-refractivity contribution >= 4 is 28.1 Å². The Morgan fingerprint density at radius 2 is 1.50 bits per heavy atom. The van der Waals surface area contributed by atoms with Gasteiger partial charge in [-0.2, -0.15) is 0 Å². The summed E-state index contributed by atoms with van der Waals surface area (Å²) in [6.45, 7) is 7.55. The van der Waals surface area contributed by atoms with Crippen LogP contribution < -0.4 is 4.90 Å². The molecule has 160 valence electrons. The van der Waals surface area contributed by atoms with Crippen LogP contribution in [0.1, 0.15) is 38.7 Å². The summed E-state index contributed by atoms with van der Waals surface area (Å²) in [6.07, 6.45) is 0.552. The van der Waals surface area contributed by atoms with Crippen LogP contribution in [0.25, 0.3) is 10.8 Å². The SMILES string of the molecule is CCOC(CC(c1ccc(Cl)cc1)C(C)N(C)c1ccc2ccccc2c1)OCC. The van der Waals surface area contributed by atoms with Gasteiger partial charge in [0.25, 0.3) is 0 Å². The minimum absolute atomic E-state index is 0.224. The van der Waals surface area contributed by atoms with Gasteiger partial charge in [-0.15, -0.1) is 0 Å². The van der Waals surface area contributed by atoms with Crippen molar-refractivity contribution in [3.05, 3.63) is 77.3 Å². The van der Waals surface area contributed by atoms with Crippen LogP contribution in [0.15, 0.2) is 66.7 Å². The predicted octanol–water partition coefficient (Wildman–Crippen LogP) is 6.89. The Morgan fingerprint density at radius 1 is 0.867 bits per heavy atom. The normalized spacial score (nSPS) is 13.5. The van der Waals surface area contributed by atoms with Gasteiger partial charge in [-0.1, -0.05) is 54.1 Å². The molecule has 0 heterocycles. The lowest BCUT2D eigenvalue weighted by molar-refractivity contribution is -0.142. The van der Waals surface area contributed by atoms with Gasteiger partial charge in [0, 0.05) is 49.4 Å². The number of benzene rings is 3. The monoisotopic (exact) mass is 425 g/mol. The number of ether oxygens (including phenoxy) is 2. The summed E-state index contributed by atoms with van der Waals surface area (Å²) in [7, 11) is 2.16. The van der Waals surface area contributed by atoms with E-state index in [0.29, 0.717) is 13.2 Å². The maximum Gasteiger partial charge on any atom is 0.158 e. The highest BCUT2D eigenvalue weighted by molar-refractivity contribution is 6.30. The molecule has 0 amide bonds. The average molecular weight is 426 g/mol. The second-order valence-corrected chi connectivity index (χ2v) is 8.05. The topological polar surface area (TPSA) is 21.7 Å². The lowest BCUT2D eigenvalue weighted by atomic mass is 9.88. The van der Waals surface area contributed by atoms with E-state index < -0.39 is 0 Å². The summed E-state index contributed by atoms with van der Waals surface area (Å²) in [5.74, 6) is 0.224. The standard InChI is InChI=1S/C26H32ClNO2/c1-5-29-26(30-6-2)18-25(21-11-14-23(27)15-12-21)19(3)28(4)24-16-13-20-9-7-8-10-22(20)17-24/h7-17,19,25-26H,5-6,18H2,1-4H3. The molecule has 0 saturated heterocycles. The Kier molecular flexibility index (Phi) is 8.15. The van der Waals surface area contributed by atoms with E-state index >= 15 is 0 Å². The highest BCUT2D eigenvalue weighted by atomic mass is 35.5. The van der Waals surface area contributed by atoms with E-state index in [9.17, 15) is 0 Å². The molecular weight excluding hydrogens is 394 g/mol. The van der Waals surface area contributed by atoms with Gasteiger partial charge in [0.05, 0.1) is 0 Å². The van der Waals surface area contributed by atoms with Gasteiger partial charge >= 0.3 is 0 Å². The van der Waals surface area contributed by atoms with Gasteiger partial charge < -0.3 is 14.4 Å². The Morgan fingerprint density at radius 3 is 2.13 bits per heavy atom. The molecule has 0 N–H and O–H groups in total. The minimum atomic E-state index is -0.229. The minimum Gasteiger partial charge on any atom is -0.371 e. The molecule has 3 rings (SSSR count). The second-order valence-electron chi connectivity index (χ2n) is 7.62. The maximum atomic E-state index is 6.16. The van der Waals surface area contributed by atoms with Crippen molar-refractivity contribution < 1.29 is 9.47 Å². The Hall–Kier alpha value is -2.07. The molecule has 0 aliphatic heterocycles. The van der Waals surface area contributed by atoms with E-state index in [-0.39, 0.29) is 18.2 Å². The number of anilines is 1. The Labute approximate surface area is 185 Å². The Bertz CT molecular complexity index is 922. The predicted molar refractivity (Wildman–Crippen MR) is 128 cm³/mol. The zero-order valence-electron chi connectivity index (χ0n) is 18.3. The summed E-state index contributed by atoms with van der Waals surface area (Å²) in [4.78, 5) is 2.35. The summed E-state index contributed by atoms with van der Waals surface area (Å²) in [5, 5.41) is 3.25. The van der Waals surface area contributed by atoms with Crippen LogP contribution in [0.5, 0.6) is 0 Å². The van der Waals surface area contributed by atoms with Crippen LogP contribution in [0.4, 0.5) is 5.69 Å². The summed E-state index contributed by atoms with van der Waals surface area (Å²) in [6, 6.07) is 23.5. The molecule has 2 atom stereocenters. The van der Waals surface area contributed by atoms with Crippen molar-refractivity contribution in [2.75, 3.05) is 25.2 Å². The van der Waals surface area contributed by atoms with E-state index in [1.807, 2.05) is 26.0 Å². The fourth-order valence-electron chi connectivity index (χ4n) is 3.99. The first-order valence-corrected chi connectivity index (χ1v) is 11.1. The molecule has 30 heavy (non-hydrogen) atoms. The van der Waals surface area contributed by atoms with Gasteiger partial charge in [-0.3, -0.25) is 0 Å². The molecule has 0 aromatic heterocycles. The van der Waals surface area contributed by atoms with Crippen molar-refractivity contribution in [3.63, 3.8) is 0 Å². The fourth-order valence-corrected chi connectivity index (χ4v) is 4.11. The molecule has 3 aromatic rings. The third kappa shape index (κ3) is 5.54. The first-order valence-electron chi connectivity index (χ1n) is 10.7. The molecule has 0 aliphatic rings. The number of hydrogen-bond donors (Lipinski definition) is 0. The molecule has 0 fully saturated rings. The molecule has 3 aromatic carbocycles. The van der Waals surface area contributed by atoms with Crippen LogP contribution >= 0.6 is 11.6 Å². The molecule has 0 spiro atoms. The average Bonchev–Trinajstić information content (AvgIpc) is 2.77. The number of hydrogen-bond acceptors (Lipinski definition) is 3. The van der Waals surface area contributed by atoms with Crippen LogP contribution in [0.2, 0.25) is 5.02 Å². The number of rotatable bonds is 10. The first kappa shape index (κ1) is 22.6. The van der Waals surface area contributed by atoms with Gasteiger partial charge in [-0.25, -0.2) is 0 Å². The van der Waals surface area contributed by atoms with Gasteiger partial charge in [0.2, 0.25) is 0 Å². The number of likely N-dealkylation sites (N-methyl/N-ethyl adjacent to an activating group) is 1. The lowest BCUT2D eigenvalue weighted by Gasteiger charge is -2.36. The van der Waals surface area contributed by atoms with Crippen LogP contribution in [-0.4, -0.2) is 32.6 Å². The maximum absolute atomic E-state index is 6.16. The zero-order valence-corrected chi connectivity index (χ0v) is 19.1. The highest BCUT2D eigenvalue weighted by Crippen LogP contribution is 2.33. The van der Waals surface area contributed by atoms with Crippen molar-refractivity contribution in [2.24, 2.45) is 0 Å². The van der Waals surface area contributed by atoms with Crippen LogP contribution in [0.3, 0.4) is 0 Å². The largest absolute Gasteiger partial charge is 0.371 e. The third-order valence-electron chi connectivity index (χ3n) is 5.78. The van der Waals surface area contributed by atoms with E-state index in [0.717, 1.165) is 11.4 Å². The quantitative estimate of drug-likeness (QED) is 0.330. The molecular formula is C26H32ClNO2. The van der Waals surface area contributed by atoms with E-state index in [1.165, 1.54) is 22.0 Å². The van der Waals surface area contributed by atoms with E-state index in [4.69, 9.17) is 21.1 Å². The van der Waals surface area contributed by atoms with Gasteiger partial charge in [0.15, 0.2) is 6.29 Å². The molecule has 0 saturated carbocycles. The lowest BCUT2D eigenvalue weighted by Crippen LogP contribution is -2.37. The number of nitrogens with zero attached hydrogens (tertiary/aromatic N) is 1. The number of fused-ring (bicyclic) bond motifs is 1. The Balaban J connectivity index is 1.90. The molecule has 3 nitrogen and oxygen atoms in total. The third-order valence-corrected chi connectivity index (χ3v) is 6.04. The summed E-state index contributed by atoms with van der Waals surface area (Å²) >= 11 is 6.16. The molecule has 0 aliphatic carbocycles. The summed E-state index contributed by atoms with van der Waals surface area (Å²) < 4.78 is 11.8. The van der Waals surface area contributed by atoms with E-state index in [1.54, 1.807) is 0 Å². The molecule has 2 unspecified atom stereocenters. The number of halogens is 1. The first-order chi connectivity index (χ1) is 14.5.